The molecule has 0 radical (unpaired) electrons. The molecule has 7 heteroatoms. The Hall–Kier alpha value is -0.690. The Labute approximate surface area is 127 Å². The van der Waals surface area contributed by atoms with Gasteiger partial charge in [0.2, 0.25) is 0 Å². The Bertz CT molecular complexity index is 499. The molecule has 0 saturated carbocycles. The molecule has 0 aliphatic carbocycles. The lowest BCUT2D eigenvalue weighted by Crippen LogP contribution is -2.33. The van der Waals surface area contributed by atoms with E-state index in [0.29, 0.717) is 13.1 Å². The van der Waals surface area contributed by atoms with Gasteiger partial charge in [-0.3, -0.25) is 4.79 Å². The molecular weight excluding hydrogens is 355 g/mol. The minimum Gasteiger partial charge on any atom is -0.338 e. The molecule has 1 aromatic rings. The Balaban J connectivity index is 2.26. The quantitative estimate of drug-likeness (QED) is 0.746. The third-order valence-electron chi connectivity index (χ3n) is 3.03. The van der Waals surface area contributed by atoms with E-state index in [1.54, 1.807) is 16.7 Å². The zero-order valence-electron chi connectivity index (χ0n) is 10.5. The maximum absolute atomic E-state index is 12.8. The van der Waals surface area contributed by atoms with Crippen LogP contribution < -0.4 is 0 Å². The Morgan fingerprint density at radius 1 is 1.25 bits per heavy atom. The lowest BCUT2D eigenvalue weighted by Gasteiger charge is -2.20. The third-order valence-corrected chi connectivity index (χ3v) is 4.77. The molecule has 0 aromatic heterocycles. The van der Waals surface area contributed by atoms with Gasteiger partial charge in [-0.25, -0.2) is 0 Å². The van der Waals surface area contributed by atoms with Crippen molar-refractivity contribution in [3.8, 4) is 0 Å². The number of hydrogen-bond donors (Lipinski definition) is 0. The molecule has 1 aliphatic rings. The topological polar surface area (TPSA) is 20.3 Å². The average molecular weight is 368 g/mol. The second-order valence-corrected chi connectivity index (χ2v) is 6.53. The number of benzene rings is 1. The highest BCUT2D eigenvalue weighted by atomic mass is 79.9. The van der Waals surface area contributed by atoms with E-state index in [2.05, 4.69) is 15.9 Å². The van der Waals surface area contributed by atoms with E-state index >= 15 is 0 Å². The number of rotatable bonds is 1. The summed E-state index contributed by atoms with van der Waals surface area (Å²) in [6.07, 6.45) is -3.59. The number of nitrogens with zero attached hydrogens (tertiary/aromatic N) is 1. The SMILES string of the molecule is O=C(c1ccc(Br)c(C(F)(F)F)c1)N1CCCSCC1. The van der Waals surface area contributed by atoms with Crippen molar-refractivity contribution in [1.29, 1.82) is 0 Å². The summed E-state index contributed by atoms with van der Waals surface area (Å²) in [5, 5.41) is 0. The molecule has 1 fully saturated rings. The standard InChI is InChI=1S/C13H13BrF3NOS/c14-11-3-2-9(8-10(11)13(15,16)17)12(19)18-4-1-6-20-7-5-18/h2-3,8H,1,4-7H2. The van der Waals surface area contributed by atoms with E-state index in [-0.39, 0.29) is 15.9 Å². The largest absolute Gasteiger partial charge is 0.417 e. The average Bonchev–Trinajstić information content (AvgIpc) is 2.66. The first-order valence-corrected chi connectivity index (χ1v) is 8.08. The molecule has 0 atom stereocenters. The predicted molar refractivity (Wildman–Crippen MR) is 77.0 cm³/mol. The van der Waals surface area contributed by atoms with Gasteiger partial charge in [-0.1, -0.05) is 15.9 Å². The van der Waals surface area contributed by atoms with E-state index in [1.807, 2.05) is 0 Å². The van der Waals surface area contributed by atoms with Crippen LogP contribution in [0.1, 0.15) is 22.3 Å². The Morgan fingerprint density at radius 3 is 2.70 bits per heavy atom. The van der Waals surface area contributed by atoms with Crippen LogP contribution in [-0.4, -0.2) is 35.4 Å². The fourth-order valence-corrected chi connectivity index (χ4v) is 3.37. The zero-order valence-corrected chi connectivity index (χ0v) is 12.9. The first kappa shape index (κ1) is 15.7. The van der Waals surface area contributed by atoms with Crippen molar-refractivity contribution in [3.05, 3.63) is 33.8 Å². The minimum absolute atomic E-state index is 0.0482. The fourth-order valence-electron chi connectivity index (χ4n) is 2.01. The molecule has 0 spiro atoms. The van der Waals surface area contributed by atoms with Gasteiger partial charge in [0.1, 0.15) is 0 Å². The van der Waals surface area contributed by atoms with Gasteiger partial charge < -0.3 is 4.90 Å². The summed E-state index contributed by atoms with van der Waals surface area (Å²) < 4.78 is 38.5. The third kappa shape index (κ3) is 3.69. The number of halogens is 4. The van der Waals surface area contributed by atoms with E-state index in [0.717, 1.165) is 24.0 Å². The number of alkyl halides is 3. The monoisotopic (exact) mass is 367 g/mol. The van der Waals surface area contributed by atoms with E-state index in [4.69, 9.17) is 0 Å². The van der Waals surface area contributed by atoms with E-state index in [1.165, 1.54) is 12.1 Å². The molecule has 0 unspecified atom stereocenters. The van der Waals surface area contributed by atoms with Gasteiger partial charge in [-0.2, -0.15) is 24.9 Å². The first-order valence-electron chi connectivity index (χ1n) is 6.13. The number of carbonyl (C=O) groups is 1. The molecule has 1 saturated heterocycles. The molecule has 1 amide bonds. The van der Waals surface area contributed by atoms with E-state index < -0.39 is 11.7 Å². The number of amides is 1. The van der Waals surface area contributed by atoms with Crippen LogP contribution in [0.4, 0.5) is 13.2 Å². The lowest BCUT2D eigenvalue weighted by atomic mass is 10.1. The maximum atomic E-state index is 12.8. The highest BCUT2D eigenvalue weighted by Gasteiger charge is 2.34. The van der Waals surface area contributed by atoms with Crippen molar-refractivity contribution in [2.45, 2.75) is 12.6 Å². The van der Waals surface area contributed by atoms with Crippen molar-refractivity contribution in [2.24, 2.45) is 0 Å². The second kappa shape index (κ2) is 6.39. The maximum Gasteiger partial charge on any atom is 0.417 e. The normalized spacial score (nSPS) is 16.9. The van der Waals surface area contributed by atoms with Gasteiger partial charge in [0, 0.05) is 28.9 Å². The van der Waals surface area contributed by atoms with Crippen LogP contribution in [0.2, 0.25) is 0 Å². The van der Waals surface area contributed by atoms with Gasteiger partial charge in [-0.15, -0.1) is 0 Å². The molecule has 20 heavy (non-hydrogen) atoms. The predicted octanol–water partition coefficient (Wildman–Crippen LogP) is 4.05. The molecule has 110 valence electrons. The summed E-state index contributed by atoms with van der Waals surface area (Å²) in [5.74, 6) is 1.48. The van der Waals surface area contributed by atoms with Gasteiger partial charge in [0.25, 0.3) is 5.91 Å². The first-order chi connectivity index (χ1) is 9.39. The van der Waals surface area contributed by atoms with Crippen molar-refractivity contribution in [3.63, 3.8) is 0 Å². The van der Waals surface area contributed by atoms with E-state index in [9.17, 15) is 18.0 Å². The molecular formula is C13H13BrF3NOS. The smallest absolute Gasteiger partial charge is 0.338 e. The molecule has 2 rings (SSSR count). The van der Waals surface area contributed by atoms with Crippen LogP contribution >= 0.6 is 27.7 Å². The Morgan fingerprint density at radius 2 is 2.00 bits per heavy atom. The number of hydrogen-bond acceptors (Lipinski definition) is 2. The van der Waals surface area contributed by atoms with Crippen LogP contribution in [0.3, 0.4) is 0 Å². The summed E-state index contributed by atoms with van der Waals surface area (Å²) in [6.45, 7) is 1.18. The summed E-state index contributed by atoms with van der Waals surface area (Å²) >= 11 is 4.64. The lowest BCUT2D eigenvalue weighted by molar-refractivity contribution is -0.138. The van der Waals surface area contributed by atoms with Gasteiger partial charge in [-0.05, 0) is 30.4 Å². The molecule has 0 bridgehead atoms. The molecule has 1 heterocycles. The van der Waals surface area contributed by atoms with Crippen LogP contribution in [0.15, 0.2) is 22.7 Å². The highest BCUT2D eigenvalue weighted by Crippen LogP contribution is 2.35. The number of thioether (sulfide) groups is 1. The summed E-state index contributed by atoms with van der Waals surface area (Å²) in [4.78, 5) is 13.9. The molecule has 1 aliphatic heterocycles. The van der Waals surface area contributed by atoms with Crippen molar-refractivity contribution in [1.82, 2.24) is 4.90 Å². The van der Waals surface area contributed by atoms with Crippen LogP contribution in [0.5, 0.6) is 0 Å². The highest BCUT2D eigenvalue weighted by molar-refractivity contribution is 9.10. The minimum atomic E-state index is -4.47. The molecule has 1 aromatic carbocycles. The van der Waals surface area contributed by atoms with Crippen molar-refractivity contribution in [2.75, 3.05) is 24.6 Å². The second-order valence-electron chi connectivity index (χ2n) is 4.45. The molecule has 2 nitrogen and oxygen atoms in total. The van der Waals surface area contributed by atoms with Crippen LogP contribution in [-0.2, 0) is 6.18 Å². The Kier molecular flexibility index (Phi) is 5.01. The summed E-state index contributed by atoms with van der Waals surface area (Å²) in [6, 6.07) is 3.63. The summed E-state index contributed by atoms with van der Waals surface area (Å²) in [5.41, 5.74) is -0.722. The van der Waals surface area contributed by atoms with Gasteiger partial charge in [0.05, 0.1) is 5.56 Å². The van der Waals surface area contributed by atoms with Crippen LogP contribution in [0, 0.1) is 0 Å². The fraction of sp³-hybridized carbons (Fsp3) is 0.462. The van der Waals surface area contributed by atoms with Crippen molar-refractivity contribution < 1.29 is 18.0 Å². The van der Waals surface area contributed by atoms with Crippen molar-refractivity contribution >= 4 is 33.6 Å². The van der Waals surface area contributed by atoms with Gasteiger partial charge >= 0.3 is 6.18 Å². The number of carbonyl (C=O) groups excluding carboxylic acids is 1. The summed E-state index contributed by atoms with van der Waals surface area (Å²) in [7, 11) is 0. The van der Waals surface area contributed by atoms with Crippen LogP contribution in [0.25, 0.3) is 0 Å². The molecule has 0 N–H and O–H groups in total. The van der Waals surface area contributed by atoms with Gasteiger partial charge in [0.15, 0.2) is 0 Å². The zero-order chi connectivity index (χ0) is 14.8.